The third-order valence-corrected chi connectivity index (χ3v) is 3.95. The molecule has 4 aromatic rings. The Kier molecular flexibility index (Phi) is 2.89. The van der Waals surface area contributed by atoms with Crippen molar-refractivity contribution in [3.63, 3.8) is 0 Å². The zero-order chi connectivity index (χ0) is 15.1. The van der Waals surface area contributed by atoms with Gasteiger partial charge in [0, 0.05) is 18.4 Å². The number of aromatic nitrogens is 3. The minimum absolute atomic E-state index is 0.180. The lowest BCUT2D eigenvalue weighted by molar-refractivity contribution is -0.117. The summed E-state index contributed by atoms with van der Waals surface area (Å²) >= 11 is 0. The van der Waals surface area contributed by atoms with Crippen LogP contribution in [0.4, 0.5) is 0 Å². The summed E-state index contributed by atoms with van der Waals surface area (Å²) < 4.78 is 2.10. The maximum atomic E-state index is 11.4. The van der Waals surface area contributed by atoms with E-state index in [4.69, 9.17) is 9.97 Å². The zero-order valence-corrected chi connectivity index (χ0v) is 12.3. The number of carbonyl (C=O) groups excluding carboxylic acids is 1. The highest BCUT2D eigenvalue weighted by atomic mass is 16.1. The molecule has 0 aliphatic heterocycles. The molecule has 2 aromatic carbocycles. The second-order valence-electron chi connectivity index (χ2n) is 5.51. The maximum Gasteiger partial charge on any atom is 0.160 e. The Balaban J connectivity index is 2.08. The van der Waals surface area contributed by atoms with Gasteiger partial charge < -0.3 is 4.57 Å². The summed E-state index contributed by atoms with van der Waals surface area (Å²) in [7, 11) is 0. The van der Waals surface area contributed by atoms with Crippen molar-refractivity contribution in [1.29, 1.82) is 0 Å². The molecular formula is C18H15N3O. The van der Waals surface area contributed by atoms with Gasteiger partial charge in [0.05, 0.1) is 16.6 Å². The number of hydrogen-bond acceptors (Lipinski definition) is 3. The number of hydrogen-bond donors (Lipinski definition) is 0. The fraction of sp³-hybridized carbons (Fsp3) is 0.167. The number of fused-ring (bicyclic) bond motifs is 4. The highest BCUT2D eigenvalue weighted by Gasteiger charge is 2.14. The third kappa shape index (κ3) is 1.96. The SMILES string of the molecule is CC(=O)CCn1c2ccccc2c2nc3ccccc3nc21. The van der Waals surface area contributed by atoms with Crippen LogP contribution in [0.3, 0.4) is 0 Å². The molecule has 0 saturated heterocycles. The van der Waals surface area contributed by atoms with E-state index in [2.05, 4.69) is 16.7 Å². The fourth-order valence-electron chi connectivity index (χ4n) is 2.88. The van der Waals surface area contributed by atoms with Gasteiger partial charge in [-0.2, -0.15) is 0 Å². The van der Waals surface area contributed by atoms with Gasteiger partial charge >= 0.3 is 0 Å². The van der Waals surface area contributed by atoms with E-state index < -0.39 is 0 Å². The van der Waals surface area contributed by atoms with Gasteiger partial charge in [0.2, 0.25) is 0 Å². The minimum Gasteiger partial charge on any atom is -0.323 e. The first-order valence-electron chi connectivity index (χ1n) is 7.37. The molecule has 0 fully saturated rings. The molecule has 4 rings (SSSR count). The average molecular weight is 289 g/mol. The van der Waals surface area contributed by atoms with Crippen molar-refractivity contribution in [3.8, 4) is 0 Å². The van der Waals surface area contributed by atoms with Crippen LogP contribution in [0, 0.1) is 0 Å². The maximum absolute atomic E-state index is 11.4. The number of ketones is 1. The van der Waals surface area contributed by atoms with E-state index in [1.807, 2.05) is 36.4 Å². The Hall–Kier alpha value is -2.75. The second-order valence-corrected chi connectivity index (χ2v) is 5.51. The lowest BCUT2D eigenvalue weighted by Crippen LogP contribution is -2.03. The first kappa shape index (κ1) is 13.0. The quantitative estimate of drug-likeness (QED) is 0.577. The van der Waals surface area contributed by atoms with Crippen molar-refractivity contribution in [2.24, 2.45) is 0 Å². The predicted molar refractivity (Wildman–Crippen MR) is 87.8 cm³/mol. The Bertz CT molecular complexity index is 1020. The van der Waals surface area contributed by atoms with Crippen molar-refractivity contribution in [2.45, 2.75) is 19.9 Å². The predicted octanol–water partition coefficient (Wildman–Crippen LogP) is 3.72. The molecule has 0 N–H and O–H groups in total. The highest BCUT2D eigenvalue weighted by Crippen LogP contribution is 2.28. The molecule has 0 bridgehead atoms. The average Bonchev–Trinajstić information content (AvgIpc) is 2.84. The van der Waals surface area contributed by atoms with E-state index in [-0.39, 0.29) is 5.78 Å². The van der Waals surface area contributed by atoms with Gasteiger partial charge in [0.25, 0.3) is 0 Å². The first-order chi connectivity index (χ1) is 10.7. The molecule has 2 heterocycles. The molecule has 0 saturated carbocycles. The molecule has 0 atom stereocenters. The zero-order valence-electron chi connectivity index (χ0n) is 12.3. The summed E-state index contributed by atoms with van der Waals surface area (Å²) in [4.78, 5) is 20.9. The van der Waals surface area contributed by atoms with Crippen LogP contribution in [0.15, 0.2) is 48.5 Å². The number of rotatable bonds is 3. The van der Waals surface area contributed by atoms with Crippen LogP contribution >= 0.6 is 0 Å². The molecule has 4 heteroatoms. The number of aryl methyl sites for hydroxylation is 1. The van der Waals surface area contributed by atoms with Gasteiger partial charge in [-0.1, -0.05) is 30.3 Å². The van der Waals surface area contributed by atoms with Crippen LogP contribution in [0.1, 0.15) is 13.3 Å². The molecule has 0 aliphatic carbocycles. The molecular weight excluding hydrogens is 274 g/mol. The summed E-state index contributed by atoms with van der Waals surface area (Å²) in [6, 6.07) is 16.0. The van der Waals surface area contributed by atoms with Crippen LogP contribution in [0.5, 0.6) is 0 Å². The summed E-state index contributed by atoms with van der Waals surface area (Å²) in [6.07, 6.45) is 0.502. The van der Waals surface area contributed by atoms with Crippen LogP contribution in [-0.4, -0.2) is 20.3 Å². The summed E-state index contributed by atoms with van der Waals surface area (Å²) in [6.45, 7) is 2.25. The van der Waals surface area contributed by atoms with Gasteiger partial charge in [-0.3, -0.25) is 4.79 Å². The number of para-hydroxylation sites is 3. The second kappa shape index (κ2) is 4.91. The van der Waals surface area contributed by atoms with E-state index in [0.29, 0.717) is 13.0 Å². The number of Topliss-reactive ketones (excluding diaryl/α,β-unsaturated/α-hetero) is 1. The van der Waals surface area contributed by atoms with E-state index in [0.717, 1.165) is 33.1 Å². The lowest BCUT2D eigenvalue weighted by Gasteiger charge is -2.05. The fourth-order valence-corrected chi connectivity index (χ4v) is 2.88. The van der Waals surface area contributed by atoms with Crippen molar-refractivity contribution < 1.29 is 4.79 Å². The molecule has 108 valence electrons. The molecule has 0 spiro atoms. The Morgan fingerprint density at radius 3 is 2.45 bits per heavy atom. The van der Waals surface area contributed by atoms with Gasteiger partial charge in [0.1, 0.15) is 11.3 Å². The van der Waals surface area contributed by atoms with Gasteiger partial charge in [-0.15, -0.1) is 0 Å². The lowest BCUT2D eigenvalue weighted by atomic mass is 10.2. The van der Waals surface area contributed by atoms with E-state index in [9.17, 15) is 4.79 Å². The monoisotopic (exact) mass is 289 g/mol. The number of carbonyl (C=O) groups is 1. The Morgan fingerprint density at radius 1 is 1.00 bits per heavy atom. The highest BCUT2D eigenvalue weighted by molar-refractivity contribution is 6.06. The van der Waals surface area contributed by atoms with Crippen molar-refractivity contribution in [1.82, 2.24) is 14.5 Å². The Morgan fingerprint density at radius 2 is 1.68 bits per heavy atom. The van der Waals surface area contributed by atoms with Gasteiger partial charge in [0.15, 0.2) is 5.65 Å². The Labute approximate surface area is 127 Å². The van der Waals surface area contributed by atoms with E-state index in [1.54, 1.807) is 6.92 Å². The van der Waals surface area contributed by atoms with Gasteiger partial charge in [-0.25, -0.2) is 9.97 Å². The summed E-state index contributed by atoms with van der Waals surface area (Å²) in [5.41, 5.74) is 4.60. The van der Waals surface area contributed by atoms with E-state index in [1.165, 1.54) is 0 Å². The third-order valence-electron chi connectivity index (χ3n) is 3.95. The molecule has 22 heavy (non-hydrogen) atoms. The summed E-state index contributed by atoms with van der Waals surface area (Å²) in [5.74, 6) is 0.180. The van der Waals surface area contributed by atoms with Crippen molar-refractivity contribution in [2.75, 3.05) is 0 Å². The minimum atomic E-state index is 0.180. The molecule has 0 amide bonds. The molecule has 4 nitrogen and oxygen atoms in total. The molecule has 0 unspecified atom stereocenters. The largest absolute Gasteiger partial charge is 0.323 e. The van der Waals surface area contributed by atoms with E-state index >= 15 is 0 Å². The topological polar surface area (TPSA) is 47.8 Å². The van der Waals surface area contributed by atoms with Crippen LogP contribution < -0.4 is 0 Å². The molecule has 0 radical (unpaired) electrons. The van der Waals surface area contributed by atoms with Crippen LogP contribution in [0.25, 0.3) is 33.1 Å². The van der Waals surface area contributed by atoms with Gasteiger partial charge in [-0.05, 0) is 25.1 Å². The first-order valence-corrected chi connectivity index (χ1v) is 7.37. The standard InChI is InChI=1S/C18H15N3O/c1-12(22)10-11-21-16-9-5-2-6-13(16)17-18(21)20-15-8-4-3-7-14(15)19-17/h2-9H,10-11H2,1H3. The van der Waals surface area contributed by atoms with Crippen molar-refractivity contribution in [3.05, 3.63) is 48.5 Å². The smallest absolute Gasteiger partial charge is 0.160 e. The van der Waals surface area contributed by atoms with Crippen LogP contribution in [0.2, 0.25) is 0 Å². The number of nitrogens with zero attached hydrogens (tertiary/aromatic N) is 3. The summed E-state index contributed by atoms with van der Waals surface area (Å²) in [5, 5.41) is 1.08. The number of benzene rings is 2. The molecule has 2 aromatic heterocycles. The normalized spacial score (nSPS) is 11.5. The molecule has 0 aliphatic rings. The van der Waals surface area contributed by atoms with Crippen LogP contribution in [-0.2, 0) is 11.3 Å². The van der Waals surface area contributed by atoms with Crippen molar-refractivity contribution >= 4 is 38.9 Å².